The molecule has 0 atom stereocenters. The molecule has 0 aliphatic rings. The molecule has 6 heteroatoms. The zero-order valence-electron chi connectivity index (χ0n) is 12.0. The summed E-state index contributed by atoms with van der Waals surface area (Å²) in [6, 6.07) is 14.6. The molecule has 0 heterocycles. The van der Waals surface area contributed by atoms with Crippen LogP contribution in [-0.4, -0.2) is 14.3 Å². The Morgan fingerprint density at radius 2 is 1.64 bits per heavy atom. The summed E-state index contributed by atoms with van der Waals surface area (Å²) < 4.78 is 27.1. The van der Waals surface area contributed by atoms with E-state index in [4.69, 9.17) is 0 Å². The number of benzene rings is 2. The van der Waals surface area contributed by atoms with Gasteiger partial charge < -0.3 is 5.32 Å². The number of para-hydroxylation sites is 1. The van der Waals surface area contributed by atoms with Crippen molar-refractivity contribution in [1.82, 2.24) is 0 Å². The Labute approximate surface area is 129 Å². The van der Waals surface area contributed by atoms with E-state index >= 15 is 0 Å². The van der Waals surface area contributed by atoms with E-state index in [2.05, 4.69) is 16.6 Å². The average molecular weight is 316 g/mol. The van der Waals surface area contributed by atoms with Gasteiger partial charge in [0.2, 0.25) is 0 Å². The molecule has 0 aliphatic heterocycles. The molecule has 0 radical (unpaired) electrons. The molecule has 22 heavy (non-hydrogen) atoms. The molecule has 0 saturated carbocycles. The van der Waals surface area contributed by atoms with Crippen LogP contribution in [0.25, 0.3) is 0 Å². The van der Waals surface area contributed by atoms with Gasteiger partial charge in [-0.2, -0.15) is 0 Å². The van der Waals surface area contributed by atoms with Crippen molar-refractivity contribution in [2.75, 3.05) is 10.0 Å². The van der Waals surface area contributed by atoms with Crippen molar-refractivity contribution in [3.05, 3.63) is 66.7 Å². The molecule has 2 aromatic rings. The fraction of sp³-hybridized carbons (Fsp3) is 0.0625. The van der Waals surface area contributed by atoms with E-state index in [9.17, 15) is 13.2 Å². The van der Waals surface area contributed by atoms with Gasteiger partial charge in [0.1, 0.15) is 0 Å². The maximum atomic E-state index is 12.3. The Bertz CT molecular complexity index is 799. The van der Waals surface area contributed by atoms with Crippen LogP contribution in [0.15, 0.2) is 71.6 Å². The van der Waals surface area contributed by atoms with E-state index in [1.165, 1.54) is 12.1 Å². The van der Waals surface area contributed by atoms with Gasteiger partial charge in [0.05, 0.1) is 4.90 Å². The van der Waals surface area contributed by atoms with E-state index in [-0.39, 0.29) is 10.8 Å². The van der Waals surface area contributed by atoms with Crippen LogP contribution >= 0.6 is 0 Å². The number of carbonyl (C=O) groups is 1. The number of carbonyl (C=O) groups excluding carboxylic acids is 1. The molecule has 0 spiro atoms. The third-order valence-electron chi connectivity index (χ3n) is 2.82. The fourth-order valence-electron chi connectivity index (χ4n) is 1.70. The maximum absolute atomic E-state index is 12.3. The summed E-state index contributed by atoms with van der Waals surface area (Å²) >= 11 is 0. The summed E-state index contributed by atoms with van der Waals surface area (Å²) in [6.45, 7) is 5.11. The Kier molecular flexibility index (Phi) is 4.62. The normalized spacial score (nSPS) is 10.8. The van der Waals surface area contributed by atoms with Crippen LogP contribution in [0.5, 0.6) is 0 Å². The number of rotatable bonds is 5. The molecular weight excluding hydrogens is 300 g/mol. The summed E-state index contributed by atoms with van der Waals surface area (Å²) in [5, 5.41) is 2.59. The zero-order valence-corrected chi connectivity index (χ0v) is 12.9. The number of hydrogen-bond donors (Lipinski definition) is 2. The Balaban J connectivity index is 2.24. The Morgan fingerprint density at radius 3 is 2.27 bits per heavy atom. The highest BCUT2D eigenvalue weighted by Gasteiger charge is 2.15. The smallest absolute Gasteiger partial charge is 0.261 e. The van der Waals surface area contributed by atoms with E-state index < -0.39 is 10.0 Å². The van der Waals surface area contributed by atoms with Gasteiger partial charge in [-0.05, 0) is 37.3 Å². The molecule has 0 saturated heterocycles. The summed E-state index contributed by atoms with van der Waals surface area (Å²) in [5.41, 5.74) is 1.21. The third kappa shape index (κ3) is 3.95. The van der Waals surface area contributed by atoms with Gasteiger partial charge >= 0.3 is 0 Å². The van der Waals surface area contributed by atoms with E-state index in [1.807, 2.05) is 0 Å². The Morgan fingerprint density at radius 1 is 1.00 bits per heavy atom. The average Bonchev–Trinajstić information content (AvgIpc) is 2.48. The molecule has 1 amide bonds. The van der Waals surface area contributed by atoms with E-state index in [1.54, 1.807) is 49.4 Å². The molecule has 2 rings (SSSR count). The van der Waals surface area contributed by atoms with Crippen LogP contribution in [-0.2, 0) is 14.8 Å². The quantitative estimate of drug-likeness (QED) is 0.833. The zero-order chi connectivity index (χ0) is 16.2. The van der Waals surface area contributed by atoms with Gasteiger partial charge in [-0.1, -0.05) is 30.8 Å². The summed E-state index contributed by atoms with van der Waals surface area (Å²) in [6.07, 6.45) is 0. The second-order valence-corrected chi connectivity index (χ2v) is 6.42. The Hall–Kier alpha value is -2.60. The molecule has 2 aromatic carbocycles. The van der Waals surface area contributed by atoms with Gasteiger partial charge in [-0.3, -0.25) is 9.52 Å². The largest absolute Gasteiger partial charge is 0.322 e. The maximum Gasteiger partial charge on any atom is 0.261 e. The minimum atomic E-state index is -3.72. The molecule has 0 aromatic heterocycles. The molecule has 0 aliphatic carbocycles. The first-order valence-corrected chi connectivity index (χ1v) is 8.01. The van der Waals surface area contributed by atoms with E-state index in [0.717, 1.165) is 0 Å². The van der Waals surface area contributed by atoms with Gasteiger partial charge in [-0.25, -0.2) is 8.42 Å². The highest BCUT2D eigenvalue weighted by atomic mass is 32.2. The molecule has 0 bridgehead atoms. The lowest BCUT2D eigenvalue weighted by Gasteiger charge is -2.10. The first kappa shape index (κ1) is 15.8. The molecule has 5 nitrogen and oxygen atoms in total. The predicted octanol–water partition coefficient (Wildman–Crippen LogP) is 3.00. The van der Waals surface area contributed by atoms with Crippen molar-refractivity contribution < 1.29 is 13.2 Å². The number of sulfonamides is 1. The van der Waals surface area contributed by atoms with Crippen LogP contribution in [0.4, 0.5) is 11.4 Å². The molecule has 0 fully saturated rings. The van der Waals surface area contributed by atoms with E-state index in [0.29, 0.717) is 16.9 Å². The van der Waals surface area contributed by atoms with Crippen molar-refractivity contribution in [1.29, 1.82) is 0 Å². The van der Waals surface area contributed by atoms with Gasteiger partial charge in [0.25, 0.3) is 15.9 Å². The van der Waals surface area contributed by atoms with Crippen molar-refractivity contribution in [2.45, 2.75) is 11.8 Å². The molecular formula is C16H16N2O3S. The topological polar surface area (TPSA) is 75.3 Å². The van der Waals surface area contributed by atoms with Crippen molar-refractivity contribution in [2.24, 2.45) is 0 Å². The SMILES string of the molecule is C=C(C)C(=O)Nc1cccc(S(=O)(=O)Nc2ccccc2)c1. The van der Waals surface area contributed by atoms with Crippen LogP contribution in [0.3, 0.4) is 0 Å². The summed E-state index contributed by atoms with van der Waals surface area (Å²) in [4.78, 5) is 11.7. The fourth-order valence-corrected chi connectivity index (χ4v) is 2.80. The summed E-state index contributed by atoms with van der Waals surface area (Å²) in [5.74, 6) is -0.356. The lowest BCUT2D eigenvalue weighted by Crippen LogP contribution is -2.15. The third-order valence-corrected chi connectivity index (χ3v) is 4.19. The highest BCUT2D eigenvalue weighted by Crippen LogP contribution is 2.19. The molecule has 2 N–H and O–H groups in total. The molecule has 114 valence electrons. The first-order chi connectivity index (χ1) is 10.4. The number of nitrogens with one attached hydrogen (secondary N) is 2. The second kappa shape index (κ2) is 6.44. The van der Waals surface area contributed by atoms with Gasteiger partial charge in [0, 0.05) is 16.9 Å². The van der Waals surface area contributed by atoms with Crippen LogP contribution in [0, 0.1) is 0 Å². The van der Waals surface area contributed by atoms with Gasteiger partial charge in [0.15, 0.2) is 0 Å². The standard InChI is InChI=1S/C16H16N2O3S/c1-12(2)16(19)17-14-9-6-10-15(11-14)22(20,21)18-13-7-4-3-5-8-13/h3-11,18H,1H2,2H3,(H,17,19). The van der Waals surface area contributed by atoms with Crippen LogP contribution in [0.1, 0.15) is 6.92 Å². The second-order valence-electron chi connectivity index (χ2n) is 4.73. The van der Waals surface area contributed by atoms with Gasteiger partial charge in [-0.15, -0.1) is 0 Å². The van der Waals surface area contributed by atoms with Crippen molar-refractivity contribution in [3.8, 4) is 0 Å². The van der Waals surface area contributed by atoms with Crippen LogP contribution < -0.4 is 10.0 Å². The number of amides is 1. The van der Waals surface area contributed by atoms with Crippen molar-refractivity contribution >= 4 is 27.3 Å². The number of anilines is 2. The predicted molar refractivity (Wildman–Crippen MR) is 87.1 cm³/mol. The monoisotopic (exact) mass is 316 g/mol. The minimum absolute atomic E-state index is 0.0656. The lowest BCUT2D eigenvalue weighted by atomic mass is 10.3. The van der Waals surface area contributed by atoms with Crippen molar-refractivity contribution in [3.63, 3.8) is 0 Å². The van der Waals surface area contributed by atoms with Crippen LogP contribution in [0.2, 0.25) is 0 Å². The molecule has 0 unspecified atom stereocenters. The number of hydrogen-bond acceptors (Lipinski definition) is 3. The highest BCUT2D eigenvalue weighted by molar-refractivity contribution is 7.92. The first-order valence-electron chi connectivity index (χ1n) is 6.53. The summed E-state index contributed by atoms with van der Waals surface area (Å²) in [7, 11) is -3.72. The minimum Gasteiger partial charge on any atom is -0.322 e. The lowest BCUT2D eigenvalue weighted by molar-refractivity contribution is -0.112.